The van der Waals surface area contributed by atoms with E-state index in [0.29, 0.717) is 24.5 Å². The van der Waals surface area contributed by atoms with Crippen molar-refractivity contribution in [3.63, 3.8) is 0 Å². The van der Waals surface area contributed by atoms with Gasteiger partial charge >= 0.3 is 0 Å². The lowest BCUT2D eigenvalue weighted by Gasteiger charge is -2.38. The highest BCUT2D eigenvalue weighted by Gasteiger charge is 2.33. The Morgan fingerprint density at radius 2 is 2.16 bits per heavy atom. The number of rotatable bonds is 4. The average molecular weight is 359 g/mol. The van der Waals surface area contributed by atoms with Crippen LogP contribution in [0, 0.1) is 21.4 Å². The van der Waals surface area contributed by atoms with Crippen LogP contribution in [0.1, 0.15) is 15.9 Å². The smallest absolute Gasteiger partial charge is 0.288 e. The van der Waals surface area contributed by atoms with Crippen LogP contribution in [0.2, 0.25) is 5.02 Å². The molecule has 1 amide bonds. The third-order valence-corrected chi connectivity index (χ3v) is 4.00. The summed E-state index contributed by atoms with van der Waals surface area (Å²) in [5.74, 6) is 0.0469. The van der Waals surface area contributed by atoms with Gasteiger partial charge in [-0.15, -0.1) is 0 Å². The maximum Gasteiger partial charge on any atom is 0.288 e. The summed E-state index contributed by atoms with van der Waals surface area (Å²) in [6.45, 7) is 0.688. The van der Waals surface area contributed by atoms with Gasteiger partial charge in [-0.1, -0.05) is 11.6 Å². The van der Waals surface area contributed by atoms with Crippen molar-refractivity contribution in [2.75, 3.05) is 13.1 Å². The van der Waals surface area contributed by atoms with Gasteiger partial charge in [0.1, 0.15) is 17.2 Å². The van der Waals surface area contributed by atoms with Crippen LogP contribution in [-0.4, -0.2) is 39.9 Å². The molecule has 1 fully saturated rings. The minimum Gasteiger partial charge on any atom is -0.471 e. The Bertz CT molecular complexity index is 873. The largest absolute Gasteiger partial charge is 0.471 e. The van der Waals surface area contributed by atoms with E-state index in [1.807, 2.05) is 6.07 Å². The van der Waals surface area contributed by atoms with Crippen molar-refractivity contribution < 1.29 is 14.5 Å². The van der Waals surface area contributed by atoms with Crippen LogP contribution in [-0.2, 0) is 0 Å². The van der Waals surface area contributed by atoms with Crippen molar-refractivity contribution in [1.29, 1.82) is 5.26 Å². The maximum atomic E-state index is 12.3. The van der Waals surface area contributed by atoms with Crippen molar-refractivity contribution >= 4 is 23.2 Å². The second-order valence-corrected chi connectivity index (χ2v) is 5.78. The summed E-state index contributed by atoms with van der Waals surface area (Å²) < 4.78 is 5.60. The molecule has 2 heterocycles. The van der Waals surface area contributed by atoms with Crippen LogP contribution in [0.25, 0.3) is 0 Å². The molecule has 2 aromatic rings. The first-order chi connectivity index (χ1) is 12.0. The molecule has 1 aliphatic rings. The number of carbonyl (C=O) groups is 1. The zero-order chi connectivity index (χ0) is 18.0. The molecule has 0 saturated carbocycles. The monoisotopic (exact) mass is 358 g/mol. The number of halogens is 1. The van der Waals surface area contributed by atoms with Crippen LogP contribution in [0.15, 0.2) is 36.5 Å². The third-order valence-electron chi connectivity index (χ3n) is 3.68. The second-order valence-electron chi connectivity index (χ2n) is 5.37. The van der Waals surface area contributed by atoms with Crippen LogP contribution in [0.3, 0.4) is 0 Å². The van der Waals surface area contributed by atoms with E-state index in [1.165, 1.54) is 29.3 Å². The van der Waals surface area contributed by atoms with Gasteiger partial charge in [-0.2, -0.15) is 5.26 Å². The van der Waals surface area contributed by atoms with Crippen LogP contribution >= 0.6 is 11.6 Å². The summed E-state index contributed by atoms with van der Waals surface area (Å²) in [5, 5.41) is 19.6. The van der Waals surface area contributed by atoms with Gasteiger partial charge in [0.2, 0.25) is 5.88 Å². The zero-order valence-corrected chi connectivity index (χ0v) is 13.5. The number of nitro groups is 1. The zero-order valence-electron chi connectivity index (χ0n) is 12.8. The van der Waals surface area contributed by atoms with E-state index in [0.717, 1.165) is 0 Å². The molecule has 0 unspecified atom stereocenters. The molecular weight excluding hydrogens is 348 g/mol. The Labute approximate surface area is 147 Å². The Morgan fingerprint density at radius 1 is 1.40 bits per heavy atom. The van der Waals surface area contributed by atoms with E-state index in [4.69, 9.17) is 21.6 Å². The fraction of sp³-hybridized carbons (Fsp3) is 0.188. The number of hydrogen-bond donors (Lipinski definition) is 0. The number of nitro benzene ring substituents is 1. The number of likely N-dealkylation sites (tertiary alicyclic amines) is 1. The van der Waals surface area contributed by atoms with E-state index in [1.54, 1.807) is 12.1 Å². The van der Waals surface area contributed by atoms with Crippen LogP contribution < -0.4 is 4.74 Å². The van der Waals surface area contributed by atoms with Gasteiger partial charge < -0.3 is 9.64 Å². The molecule has 0 spiro atoms. The molecule has 0 bridgehead atoms. The van der Waals surface area contributed by atoms with Crippen LogP contribution in [0.4, 0.5) is 5.69 Å². The molecule has 126 valence electrons. The molecule has 0 radical (unpaired) electrons. The van der Waals surface area contributed by atoms with Gasteiger partial charge in [-0.05, 0) is 18.2 Å². The second kappa shape index (κ2) is 6.75. The van der Waals surface area contributed by atoms with E-state index in [-0.39, 0.29) is 28.3 Å². The minimum atomic E-state index is -0.627. The van der Waals surface area contributed by atoms with Crippen LogP contribution in [0.5, 0.6) is 5.88 Å². The minimum absolute atomic E-state index is 0.0155. The van der Waals surface area contributed by atoms with Crippen molar-refractivity contribution in [1.82, 2.24) is 9.88 Å². The first kappa shape index (κ1) is 16.7. The van der Waals surface area contributed by atoms with Gasteiger partial charge in [-0.25, -0.2) is 4.98 Å². The number of hydrogen-bond acceptors (Lipinski definition) is 6. The number of benzene rings is 1. The molecule has 9 heteroatoms. The van der Waals surface area contributed by atoms with Crippen molar-refractivity contribution in [2.45, 2.75) is 6.10 Å². The lowest BCUT2D eigenvalue weighted by atomic mass is 10.1. The molecule has 1 aromatic heterocycles. The molecule has 0 aliphatic carbocycles. The van der Waals surface area contributed by atoms with E-state index < -0.39 is 4.92 Å². The van der Waals surface area contributed by atoms with E-state index in [9.17, 15) is 14.9 Å². The fourth-order valence-corrected chi connectivity index (χ4v) is 2.52. The van der Waals surface area contributed by atoms with Gasteiger partial charge in [0.05, 0.1) is 23.6 Å². The number of nitriles is 1. The normalized spacial score (nSPS) is 13.7. The third kappa shape index (κ3) is 3.51. The number of amides is 1. The summed E-state index contributed by atoms with van der Waals surface area (Å²) in [6.07, 6.45) is 1.19. The van der Waals surface area contributed by atoms with Gasteiger partial charge in [0, 0.05) is 23.9 Å². The molecule has 1 aliphatic heterocycles. The number of ether oxygens (including phenoxy) is 1. The Hall–Kier alpha value is -3.18. The first-order valence-corrected chi connectivity index (χ1v) is 7.62. The average Bonchev–Trinajstić information content (AvgIpc) is 2.58. The predicted molar refractivity (Wildman–Crippen MR) is 87.4 cm³/mol. The Morgan fingerprint density at radius 3 is 2.76 bits per heavy atom. The van der Waals surface area contributed by atoms with Crippen molar-refractivity contribution in [3.8, 4) is 11.9 Å². The molecule has 1 saturated heterocycles. The number of aromatic nitrogens is 1. The maximum absolute atomic E-state index is 12.3. The highest BCUT2D eigenvalue weighted by atomic mass is 35.5. The molecule has 25 heavy (non-hydrogen) atoms. The molecule has 1 aromatic carbocycles. The lowest BCUT2D eigenvalue weighted by Crippen LogP contribution is -2.56. The summed E-state index contributed by atoms with van der Waals surface area (Å²) in [6, 6.07) is 9.10. The molecule has 3 rings (SSSR count). The van der Waals surface area contributed by atoms with Gasteiger partial charge in [0.15, 0.2) is 0 Å². The Kier molecular flexibility index (Phi) is 4.50. The molecule has 0 N–H and O–H groups in total. The van der Waals surface area contributed by atoms with Crippen molar-refractivity contribution in [3.05, 3.63) is 62.8 Å². The predicted octanol–water partition coefficient (Wildman–Crippen LogP) is 2.42. The number of nitrogens with zero attached hydrogens (tertiary/aromatic N) is 4. The summed E-state index contributed by atoms with van der Waals surface area (Å²) in [5.41, 5.74) is 0.329. The standard InChI is InChI=1S/C16H11ClN4O4/c17-13-3-2-11(5-14(13)21(23)24)16(22)20-8-12(9-20)25-15-4-1-10(6-18)7-19-15/h1-5,7,12H,8-9H2. The fourth-order valence-electron chi connectivity index (χ4n) is 2.33. The lowest BCUT2D eigenvalue weighted by molar-refractivity contribution is -0.384. The number of pyridine rings is 1. The van der Waals surface area contributed by atoms with Gasteiger partial charge in [0.25, 0.3) is 11.6 Å². The summed E-state index contributed by atoms with van der Waals surface area (Å²) in [4.78, 5) is 28.1. The molecular formula is C16H11ClN4O4. The highest BCUT2D eigenvalue weighted by molar-refractivity contribution is 6.32. The quantitative estimate of drug-likeness (QED) is 0.613. The molecule has 0 atom stereocenters. The van der Waals surface area contributed by atoms with Crippen molar-refractivity contribution in [2.24, 2.45) is 0 Å². The number of carbonyl (C=O) groups excluding carboxylic acids is 1. The molecule has 8 nitrogen and oxygen atoms in total. The first-order valence-electron chi connectivity index (χ1n) is 7.24. The Balaban J connectivity index is 1.60. The summed E-state index contributed by atoms with van der Waals surface area (Å²) in [7, 11) is 0. The topological polar surface area (TPSA) is 109 Å². The van der Waals surface area contributed by atoms with E-state index in [2.05, 4.69) is 4.98 Å². The van der Waals surface area contributed by atoms with E-state index >= 15 is 0 Å². The summed E-state index contributed by atoms with van der Waals surface area (Å²) >= 11 is 5.74. The SMILES string of the molecule is N#Cc1ccc(OC2CN(C(=O)c3ccc(Cl)c([N+](=O)[O-])c3)C2)nc1. The van der Waals surface area contributed by atoms with Gasteiger partial charge in [-0.3, -0.25) is 14.9 Å². The highest BCUT2D eigenvalue weighted by Crippen LogP contribution is 2.27.